The Balaban J connectivity index is 1.71. The fraction of sp³-hybridized carbons (Fsp3) is 0.364. The molecule has 0 atom stereocenters. The molecule has 152 valence electrons. The molecule has 0 unspecified atom stereocenters. The molecule has 0 saturated heterocycles. The molecule has 1 aliphatic rings. The van der Waals surface area contributed by atoms with Crippen LogP contribution in [0.15, 0.2) is 42.7 Å². The topological polar surface area (TPSA) is 97.4 Å². The summed E-state index contributed by atoms with van der Waals surface area (Å²) in [6, 6.07) is 8.24. The molecule has 29 heavy (non-hydrogen) atoms. The zero-order valence-electron chi connectivity index (χ0n) is 16.4. The molecule has 3 rings (SSSR count). The van der Waals surface area contributed by atoms with Crippen LogP contribution in [0.3, 0.4) is 0 Å². The summed E-state index contributed by atoms with van der Waals surface area (Å²) in [4.78, 5) is 41.2. The Morgan fingerprint density at radius 2 is 1.62 bits per heavy atom. The van der Waals surface area contributed by atoms with Gasteiger partial charge < -0.3 is 15.4 Å². The maximum absolute atomic E-state index is 12.7. The van der Waals surface area contributed by atoms with Crippen molar-refractivity contribution >= 4 is 23.5 Å². The van der Waals surface area contributed by atoms with Gasteiger partial charge in [-0.05, 0) is 31.0 Å². The van der Waals surface area contributed by atoms with E-state index < -0.39 is 11.9 Å². The molecule has 2 amide bonds. The van der Waals surface area contributed by atoms with Crippen LogP contribution in [0.25, 0.3) is 0 Å². The quantitative estimate of drug-likeness (QED) is 0.596. The van der Waals surface area contributed by atoms with Crippen LogP contribution in [-0.2, 0) is 4.74 Å². The molecule has 1 saturated carbocycles. The number of rotatable bonds is 5. The Morgan fingerprint density at radius 3 is 2.31 bits per heavy atom. The van der Waals surface area contributed by atoms with Gasteiger partial charge in [0.05, 0.1) is 29.5 Å². The lowest BCUT2D eigenvalue weighted by molar-refractivity contribution is 0.0601. The molecular weight excluding hydrogens is 370 g/mol. The van der Waals surface area contributed by atoms with E-state index in [0.717, 1.165) is 25.7 Å². The number of anilines is 1. The molecule has 1 heterocycles. The molecule has 7 nitrogen and oxygen atoms in total. The van der Waals surface area contributed by atoms with Crippen molar-refractivity contribution in [2.24, 2.45) is 0 Å². The molecule has 0 spiro atoms. The van der Waals surface area contributed by atoms with E-state index in [-0.39, 0.29) is 23.1 Å². The van der Waals surface area contributed by atoms with Crippen molar-refractivity contribution < 1.29 is 19.1 Å². The van der Waals surface area contributed by atoms with Crippen molar-refractivity contribution in [3.8, 4) is 0 Å². The first kappa shape index (κ1) is 20.5. The Hall–Kier alpha value is -3.22. The minimum atomic E-state index is -0.546. The lowest BCUT2D eigenvalue weighted by atomic mass is 10.1. The zero-order chi connectivity index (χ0) is 20.6. The van der Waals surface area contributed by atoms with Crippen LogP contribution in [0.2, 0.25) is 0 Å². The number of ether oxygens (including phenoxy) is 1. The smallest absolute Gasteiger partial charge is 0.339 e. The largest absolute Gasteiger partial charge is 0.465 e. The number of carbonyl (C=O) groups excluding carboxylic acids is 3. The maximum atomic E-state index is 12.7. The number of carbonyl (C=O) groups is 3. The van der Waals surface area contributed by atoms with E-state index in [1.165, 1.54) is 38.4 Å². The Bertz CT molecular complexity index is 889. The molecule has 1 fully saturated rings. The molecule has 1 aromatic carbocycles. The first-order valence-electron chi connectivity index (χ1n) is 9.83. The van der Waals surface area contributed by atoms with E-state index in [1.54, 1.807) is 24.3 Å². The summed E-state index contributed by atoms with van der Waals surface area (Å²) in [5.74, 6) is -1.23. The monoisotopic (exact) mass is 395 g/mol. The third-order valence-electron chi connectivity index (χ3n) is 5.03. The van der Waals surface area contributed by atoms with Crippen molar-refractivity contribution in [2.45, 2.75) is 44.6 Å². The number of esters is 1. The molecule has 2 N–H and O–H groups in total. The van der Waals surface area contributed by atoms with Crippen molar-refractivity contribution in [3.05, 3.63) is 59.4 Å². The second-order valence-electron chi connectivity index (χ2n) is 7.12. The van der Waals surface area contributed by atoms with Crippen LogP contribution >= 0.6 is 0 Å². The number of nitrogens with one attached hydrogen (secondary N) is 2. The molecular formula is C22H25N3O4. The molecule has 0 bridgehead atoms. The van der Waals surface area contributed by atoms with Crippen LogP contribution in [-0.4, -0.2) is 35.9 Å². The maximum Gasteiger partial charge on any atom is 0.339 e. The fourth-order valence-electron chi connectivity index (χ4n) is 3.46. The number of aromatic nitrogens is 1. The van der Waals surface area contributed by atoms with Gasteiger partial charge >= 0.3 is 5.97 Å². The molecule has 2 aromatic rings. The molecule has 0 radical (unpaired) electrons. The summed E-state index contributed by atoms with van der Waals surface area (Å²) in [6.07, 6.45) is 9.43. The number of para-hydroxylation sites is 1. The number of nitrogens with zero attached hydrogens (tertiary/aromatic N) is 1. The van der Waals surface area contributed by atoms with Crippen LogP contribution in [0.4, 0.5) is 5.69 Å². The highest BCUT2D eigenvalue weighted by Crippen LogP contribution is 2.19. The summed E-state index contributed by atoms with van der Waals surface area (Å²) in [5, 5.41) is 5.74. The van der Waals surface area contributed by atoms with Gasteiger partial charge in [-0.1, -0.05) is 37.8 Å². The second-order valence-corrected chi connectivity index (χ2v) is 7.12. The SMILES string of the molecule is COC(=O)c1ccccc1NC(=O)c1cncc(C(=O)NC2CCCCCC2)c1. The van der Waals surface area contributed by atoms with E-state index in [0.29, 0.717) is 11.3 Å². The molecule has 7 heteroatoms. The summed E-state index contributed by atoms with van der Waals surface area (Å²) < 4.78 is 4.74. The minimum Gasteiger partial charge on any atom is -0.465 e. The lowest BCUT2D eigenvalue weighted by Crippen LogP contribution is -2.34. The first-order valence-corrected chi connectivity index (χ1v) is 9.83. The van der Waals surface area contributed by atoms with Gasteiger partial charge in [0, 0.05) is 18.4 Å². The Morgan fingerprint density at radius 1 is 0.966 bits per heavy atom. The average molecular weight is 395 g/mol. The predicted octanol–water partition coefficient (Wildman–Crippen LogP) is 3.57. The number of pyridine rings is 1. The number of amides is 2. The number of hydrogen-bond donors (Lipinski definition) is 2. The standard InChI is InChI=1S/C22H25N3O4/c1-29-22(28)18-10-6-7-11-19(18)25-21(27)16-12-15(13-23-14-16)20(26)24-17-8-4-2-3-5-9-17/h6-7,10-14,17H,2-5,8-9H2,1H3,(H,24,26)(H,25,27). The van der Waals surface area contributed by atoms with Gasteiger partial charge in [-0.15, -0.1) is 0 Å². The molecule has 0 aliphatic heterocycles. The van der Waals surface area contributed by atoms with Crippen molar-refractivity contribution in [2.75, 3.05) is 12.4 Å². The van der Waals surface area contributed by atoms with E-state index >= 15 is 0 Å². The summed E-state index contributed by atoms with van der Waals surface area (Å²) >= 11 is 0. The Labute approximate surface area is 169 Å². The fourth-order valence-corrected chi connectivity index (χ4v) is 3.46. The van der Waals surface area contributed by atoms with Crippen molar-refractivity contribution in [1.29, 1.82) is 0 Å². The number of methoxy groups -OCH3 is 1. The summed E-state index contributed by atoms with van der Waals surface area (Å²) in [7, 11) is 1.28. The highest BCUT2D eigenvalue weighted by molar-refractivity contribution is 6.08. The van der Waals surface area contributed by atoms with Gasteiger partial charge in [0.1, 0.15) is 0 Å². The van der Waals surface area contributed by atoms with E-state index in [1.807, 2.05) is 0 Å². The van der Waals surface area contributed by atoms with Gasteiger partial charge in [-0.3, -0.25) is 14.6 Å². The van der Waals surface area contributed by atoms with Gasteiger partial charge in [0.25, 0.3) is 11.8 Å². The van der Waals surface area contributed by atoms with Crippen molar-refractivity contribution in [1.82, 2.24) is 10.3 Å². The van der Waals surface area contributed by atoms with E-state index in [4.69, 9.17) is 4.74 Å². The van der Waals surface area contributed by atoms with Crippen LogP contribution in [0.1, 0.15) is 69.6 Å². The first-order chi connectivity index (χ1) is 14.1. The van der Waals surface area contributed by atoms with Gasteiger partial charge in [-0.2, -0.15) is 0 Å². The van der Waals surface area contributed by atoms with Crippen molar-refractivity contribution in [3.63, 3.8) is 0 Å². The summed E-state index contributed by atoms with van der Waals surface area (Å²) in [5.41, 5.74) is 1.15. The third kappa shape index (κ3) is 5.40. The normalized spacial score (nSPS) is 14.5. The highest BCUT2D eigenvalue weighted by atomic mass is 16.5. The molecule has 1 aromatic heterocycles. The molecule has 1 aliphatic carbocycles. The lowest BCUT2D eigenvalue weighted by Gasteiger charge is -2.16. The van der Waals surface area contributed by atoms with Crippen LogP contribution < -0.4 is 10.6 Å². The van der Waals surface area contributed by atoms with E-state index in [2.05, 4.69) is 15.6 Å². The van der Waals surface area contributed by atoms with Crippen LogP contribution in [0, 0.1) is 0 Å². The van der Waals surface area contributed by atoms with Gasteiger partial charge in [-0.25, -0.2) is 4.79 Å². The average Bonchev–Trinajstić information content (AvgIpc) is 3.02. The Kier molecular flexibility index (Phi) is 6.94. The zero-order valence-corrected chi connectivity index (χ0v) is 16.4. The van der Waals surface area contributed by atoms with Gasteiger partial charge in [0.15, 0.2) is 0 Å². The second kappa shape index (κ2) is 9.82. The van der Waals surface area contributed by atoms with Gasteiger partial charge in [0.2, 0.25) is 0 Å². The predicted molar refractivity (Wildman–Crippen MR) is 109 cm³/mol. The number of benzene rings is 1. The summed E-state index contributed by atoms with van der Waals surface area (Å²) in [6.45, 7) is 0. The third-order valence-corrected chi connectivity index (χ3v) is 5.03. The number of hydrogen-bond acceptors (Lipinski definition) is 5. The van der Waals surface area contributed by atoms with E-state index in [9.17, 15) is 14.4 Å². The minimum absolute atomic E-state index is 0.161. The van der Waals surface area contributed by atoms with Crippen LogP contribution in [0.5, 0.6) is 0 Å². The highest BCUT2D eigenvalue weighted by Gasteiger charge is 2.18.